The SMILES string of the molecule is CNC(CCc1cccs1)CCC(C)OC. The van der Waals surface area contributed by atoms with Gasteiger partial charge in [0.15, 0.2) is 0 Å². The Bertz CT molecular complexity index is 261. The van der Waals surface area contributed by atoms with Crippen molar-refractivity contribution in [2.24, 2.45) is 0 Å². The highest BCUT2D eigenvalue weighted by Gasteiger charge is 2.09. The van der Waals surface area contributed by atoms with Crippen LogP contribution in [0.15, 0.2) is 17.5 Å². The number of hydrogen-bond acceptors (Lipinski definition) is 3. The van der Waals surface area contributed by atoms with Gasteiger partial charge in [-0.3, -0.25) is 0 Å². The van der Waals surface area contributed by atoms with Crippen molar-refractivity contribution in [3.63, 3.8) is 0 Å². The Morgan fingerprint density at radius 2 is 2.19 bits per heavy atom. The van der Waals surface area contributed by atoms with Gasteiger partial charge in [0.2, 0.25) is 0 Å². The number of aryl methyl sites for hydroxylation is 1. The number of rotatable bonds is 8. The number of ether oxygens (including phenoxy) is 1. The van der Waals surface area contributed by atoms with E-state index in [9.17, 15) is 0 Å². The van der Waals surface area contributed by atoms with Crippen molar-refractivity contribution in [1.82, 2.24) is 5.32 Å². The van der Waals surface area contributed by atoms with E-state index in [4.69, 9.17) is 4.74 Å². The van der Waals surface area contributed by atoms with E-state index in [2.05, 4.69) is 36.8 Å². The van der Waals surface area contributed by atoms with Crippen molar-refractivity contribution in [2.45, 2.75) is 44.8 Å². The lowest BCUT2D eigenvalue weighted by Crippen LogP contribution is -2.27. The van der Waals surface area contributed by atoms with Crippen LogP contribution in [0.25, 0.3) is 0 Å². The van der Waals surface area contributed by atoms with Crippen molar-refractivity contribution >= 4 is 11.3 Å². The zero-order chi connectivity index (χ0) is 11.8. The molecular formula is C13H23NOS. The van der Waals surface area contributed by atoms with Gasteiger partial charge in [-0.25, -0.2) is 0 Å². The molecule has 2 nitrogen and oxygen atoms in total. The second-order valence-corrected chi connectivity index (χ2v) is 5.26. The van der Waals surface area contributed by atoms with Crippen LogP contribution < -0.4 is 5.32 Å². The fourth-order valence-electron chi connectivity index (χ4n) is 1.76. The molecule has 0 bridgehead atoms. The molecule has 1 heterocycles. The average molecular weight is 241 g/mol. The third-order valence-electron chi connectivity index (χ3n) is 3.05. The Morgan fingerprint density at radius 1 is 1.38 bits per heavy atom. The normalized spacial score (nSPS) is 14.9. The maximum atomic E-state index is 5.27. The molecule has 2 atom stereocenters. The Labute approximate surface area is 103 Å². The summed E-state index contributed by atoms with van der Waals surface area (Å²) in [5.74, 6) is 0. The molecule has 1 N–H and O–H groups in total. The minimum atomic E-state index is 0.373. The number of methoxy groups -OCH3 is 1. The van der Waals surface area contributed by atoms with Crippen LogP contribution in [0.1, 0.15) is 31.1 Å². The lowest BCUT2D eigenvalue weighted by molar-refractivity contribution is 0.106. The van der Waals surface area contributed by atoms with Crippen LogP contribution >= 0.6 is 11.3 Å². The van der Waals surface area contributed by atoms with Crippen molar-refractivity contribution in [3.05, 3.63) is 22.4 Å². The maximum absolute atomic E-state index is 5.27. The zero-order valence-electron chi connectivity index (χ0n) is 10.5. The van der Waals surface area contributed by atoms with E-state index in [1.54, 1.807) is 7.11 Å². The lowest BCUT2D eigenvalue weighted by Gasteiger charge is -2.17. The topological polar surface area (TPSA) is 21.3 Å². The number of nitrogens with one attached hydrogen (secondary N) is 1. The van der Waals surface area contributed by atoms with Gasteiger partial charge in [-0.15, -0.1) is 11.3 Å². The Hall–Kier alpha value is -0.380. The van der Waals surface area contributed by atoms with Crippen molar-refractivity contribution in [1.29, 1.82) is 0 Å². The van der Waals surface area contributed by atoms with Crippen LogP contribution in [0.4, 0.5) is 0 Å². The van der Waals surface area contributed by atoms with Crippen molar-refractivity contribution < 1.29 is 4.74 Å². The van der Waals surface area contributed by atoms with E-state index in [0.29, 0.717) is 12.1 Å². The quantitative estimate of drug-likeness (QED) is 0.755. The number of thiophene rings is 1. The molecule has 1 rings (SSSR count). The van der Waals surface area contributed by atoms with Gasteiger partial charge in [0.1, 0.15) is 0 Å². The van der Waals surface area contributed by atoms with E-state index >= 15 is 0 Å². The summed E-state index contributed by atoms with van der Waals surface area (Å²) in [6.45, 7) is 2.13. The highest BCUT2D eigenvalue weighted by Crippen LogP contribution is 2.14. The Morgan fingerprint density at radius 3 is 2.75 bits per heavy atom. The molecule has 3 heteroatoms. The molecule has 0 aromatic carbocycles. The van der Waals surface area contributed by atoms with Crippen LogP contribution in [-0.4, -0.2) is 26.3 Å². The zero-order valence-corrected chi connectivity index (χ0v) is 11.3. The third kappa shape index (κ3) is 5.10. The second-order valence-electron chi connectivity index (χ2n) is 4.23. The van der Waals surface area contributed by atoms with Crippen LogP contribution in [0.5, 0.6) is 0 Å². The van der Waals surface area contributed by atoms with Crippen LogP contribution in [0.2, 0.25) is 0 Å². The fraction of sp³-hybridized carbons (Fsp3) is 0.692. The minimum absolute atomic E-state index is 0.373. The van der Waals surface area contributed by atoms with Gasteiger partial charge in [-0.05, 0) is 51.1 Å². The molecule has 0 saturated heterocycles. The lowest BCUT2D eigenvalue weighted by atomic mass is 10.0. The van der Waals surface area contributed by atoms with Gasteiger partial charge in [0.25, 0.3) is 0 Å². The van der Waals surface area contributed by atoms with E-state index < -0.39 is 0 Å². The Kier molecular flexibility index (Phi) is 6.69. The van der Waals surface area contributed by atoms with E-state index in [-0.39, 0.29) is 0 Å². The van der Waals surface area contributed by atoms with Crippen LogP contribution in [-0.2, 0) is 11.2 Å². The van der Waals surface area contributed by atoms with Crippen LogP contribution in [0, 0.1) is 0 Å². The minimum Gasteiger partial charge on any atom is -0.382 e. The van der Waals surface area contributed by atoms with Gasteiger partial charge in [0.05, 0.1) is 6.10 Å². The first-order valence-corrected chi connectivity index (χ1v) is 6.86. The second kappa shape index (κ2) is 7.82. The smallest absolute Gasteiger partial charge is 0.0543 e. The fourth-order valence-corrected chi connectivity index (χ4v) is 2.48. The molecular weight excluding hydrogens is 218 g/mol. The molecule has 0 spiro atoms. The Balaban J connectivity index is 2.21. The van der Waals surface area contributed by atoms with Gasteiger partial charge in [0, 0.05) is 18.0 Å². The predicted molar refractivity (Wildman–Crippen MR) is 71.2 cm³/mol. The average Bonchev–Trinajstić information content (AvgIpc) is 2.81. The molecule has 0 fully saturated rings. The summed E-state index contributed by atoms with van der Waals surface area (Å²) in [4.78, 5) is 1.49. The first-order valence-electron chi connectivity index (χ1n) is 5.98. The molecule has 92 valence electrons. The first-order chi connectivity index (χ1) is 7.76. The van der Waals surface area contributed by atoms with E-state index in [1.807, 2.05) is 11.3 Å². The molecule has 16 heavy (non-hydrogen) atoms. The van der Waals surface area contributed by atoms with Crippen molar-refractivity contribution in [3.8, 4) is 0 Å². The molecule has 0 radical (unpaired) electrons. The monoisotopic (exact) mass is 241 g/mol. The summed E-state index contributed by atoms with van der Waals surface area (Å²) in [6, 6.07) is 4.95. The first kappa shape index (κ1) is 13.7. The largest absolute Gasteiger partial charge is 0.382 e. The highest BCUT2D eigenvalue weighted by atomic mass is 32.1. The summed E-state index contributed by atoms with van der Waals surface area (Å²) in [6.07, 6.45) is 5.10. The van der Waals surface area contributed by atoms with Crippen LogP contribution in [0.3, 0.4) is 0 Å². The molecule has 0 aliphatic rings. The van der Waals surface area contributed by atoms with Gasteiger partial charge >= 0.3 is 0 Å². The van der Waals surface area contributed by atoms with E-state index in [1.165, 1.54) is 24.1 Å². The maximum Gasteiger partial charge on any atom is 0.0543 e. The predicted octanol–water partition coefficient (Wildman–Crippen LogP) is 3.08. The summed E-state index contributed by atoms with van der Waals surface area (Å²) in [5.41, 5.74) is 0. The molecule has 1 aromatic heterocycles. The van der Waals surface area contributed by atoms with Gasteiger partial charge in [-0.2, -0.15) is 0 Å². The molecule has 0 amide bonds. The summed E-state index contributed by atoms with van der Waals surface area (Å²) in [5, 5.41) is 5.54. The van der Waals surface area contributed by atoms with E-state index in [0.717, 1.165) is 6.42 Å². The highest BCUT2D eigenvalue weighted by molar-refractivity contribution is 7.09. The van der Waals surface area contributed by atoms with Gasteiger partial charge < -0.3 is 10.1 Å². The third-order valence-corrected chi connectivity index (χ3v) is 3.99. The number of hydrogen-bond donors (Lipinski definition) is 1. The standard InChI is InChI=1S/C13H23NOS/c1-11(15-3)6-7-12(14-2)8-9-13-5-4-10-16-13/h4-5,10-12,14H,6-9H2,1-3H3. The summed E-state index contributed by atoms with van der Waals surface area (Å²) < 4.78 is 5.27. The van der Waals surface area contributed by atoms with Crippen molar-refractivity contribution in [2.75, 3.05) is 14.2 Å². The molecule has 0 aliphatic heterocycles. The molecule has 0 aliphatic carbocycles. The molecule has 1 aromatic rings. The van der Waals surface area contributed by atoms with Gasteiger partial charge in [-0.1, -0.05) is 6.07 Å². The summed E-state index contributed by atoms with van der Waals surface area (Å²) >= 11 is 1.85. The summed E-state index contributed by atoms with van der Waals surface area (Å²) in [7, 11) is 3.83. The molecule has 0 saturated carbocycles. The molecule has 2 unspecified atom stereocenters.